The topological polar surface area (TPSA) is 36.4 Å². The maximum absolute atomic E-state index is 11.4. The molecule has 3 saturated heterocycles. The monoisotopic (exact) mass is 350 g/mol. The number of aryl methyl sites for hydroxylation is 1. The summed E-state index contributed by atoms with van der Waals surface area (Å²) in [7, 11) is 0. The van der Waals surface area contributed by atoms with E-state index in [2.05, 4.69) is 42.7 Å². The van der Waals surface area contributed by atoms with Crippen LogP contribution in [0.4, 0.5) is 0 Å². The third kappa shape index (κ3) is 3.19. The van der Waals surface area contributed by atoms with E-state index in [0.717, 1.165) is 60.9 Å². The van der Waals surface area contributed by atoms with Crippen LogP contribution in [0, 0.1) is 11.8 Å². The highest BCUT2D eigenvalue weighted by Crippen LogP contribution is 2.42. The molecule has 0 amide bonds. The van der Waals surface area contributed by atoms with Gasteiger partial charge in [0.15, 0.2) is 0 Å². The second-order valence-electron chi connectivity index (χ2n) is 8.01. The normalized spacial score (nSPS) is 29.0. The Bertz CT molecular complexity index is 787. The molecular formula is C23H30N2O. The van der Waals surface area contributed by atoms with Crippen molar-refractivity contribution in [3.05, 3.63) is 54.2 Å². The fourth-order valence-corrected chi connectivity index (χ4v) is 4.90. The zero-order valence-electron chi connectivity index (χ0n) is 15.8. The minimum Gasteiger partial charge on any atom is -0.387 e. The Labute approximate surface area is 156 Å². The highest BCUT2D eigenvalue weighted by Gasteiger charge is 2.42. The highest BCUT2D eigenvalue weighted by molar-refractivity contribution is 5.82. The number of aromatic nitrogens is 1. The van der Waals surface area contributed by atoms with Crippen molar-refractivity contribution in [2.24, 2.45) is 11.8 Å². The Balaban J connectivity index is 1.68. The van der Waals surface area contributed by atoms with Gasteiger partial charge in [-0.25, -0.2) is 0 Å². The zero-order valence-corrected chi connectivity index (χ0v) is 15.8. The predicted octanol–water partition coefficient (Wildman–Crippen LogP) is 4.51. The molecule has 2 bridgehead atoms. The molecule has 1 N–H and O–H groups in total. The van der Waals surface area contributed by atoms with Gasteiger partial charge in [-0.05, 0) is 61.8 Å². The molecular weight excluding hydrogens is 320 g/mol. The number of unbranched alkanes of at least 4 members (excludes halogenated alkanes) is 1. The number of hydrogen-bond donors (Lipinski definition) is 1. The Kier molecular flexibility index (Phi) is 5.10. The van der Waals surface area contributed by atoms with Gasteiger partial charge in [-0.15, -0.1) is 6.58 Å². The number of rotatable bonds is 6. The summed E-state index contributed by atoms with van der Waals surface area (Å²) in [5, 5.41) is 12.5. The summed E-state index contributed by atoms with van der Waals surface area (Å²) in [5.41, 5.74) is 3.18. The molecule has 5 rings (SSSR count). The van der Waals surface area contributed by atoms with E-state index in [-0.39, 0.29) is 6.04 Å². The van der Waals surface area contributed by atoms with Crippen molar-refractivity contribution in [1.82, 2.24) is 9.88 Å². The van der Waals surface area contributed by atoms with Crippen LogP contribution < -0.4 is 0 Å². The van der Waals surface area contributed by atoms with E-state index < -0.39 is 6.10 Å². The van der Waals surface area contributed by atoms with Crippen molar-refractivity contribution in [1.29, 1.82) is 0 Å². The molecule has 0 saturated carbocycles. The quantitative estimate of drug-likeness (QED) is 0.779. The molecule has 26 heavy (non-hydrogen) atoms. The first-order valence-electron chi connectivity index (χ1n) is 10.1. The first-order valence-corrected chi connectivity index (χ1v) is 10.1. The van der Waals surface area contributed by atoms with Crippen LogP contribution in [0.25, 0.3) is 10.9 Å². The van der Waals surface area contributed by atoms with Gasteiger partial charge in [0.05, 0.1) is 11.6 Å². The van der Waals surface area contributed by atoms with Gasteiger partial charge in [-0.2, -0.15) is 0 Å². The second kappa shape index (κ2) is 7.50. The summed E-state index contributed by atoms with van der Waals surface area (Å²) in [6.07, 6.45) is 7.25. The number of fused-ring (bicyclic) bond motifs is 4. The lowest BCUT2D eigenvalue weighted by molar-refractivity contribution is -0.0445. The number of aliphatic hydroxyl groups excluding tert-OH is 1. The van der Waals surface area contributed by atoms with E-state index in [1.165, 1.54) is 6.42 Å². The summed E-state index contributed by atoms with van der Waals surface area (Å²) in [6, 6.07) is 10.6. The van der Waals surface area contributed by atoms with Crippen LogP contribution in [0.3, 0.4) is 0 Å². The molecule has 3 aliphatic heterocycles. The first kappa shape index (κ1) is 17.7. The maximum atomic E-state index is 11.4. The number of pyridine rings is 1. The summed E-state index contributed by atoms with van der Waals surface area (Å²) < 4.78 is 0. The van der Waals surface area contributed by atoms with E-state index in [0.29, 0.717) is 11.8 Å². The number of nitrogens with zero attached hydrogens (tertiary/aromatic N) is 2. The Hall–Kier alpha value is -1.71. The standard InChI is InChI=1S/C23H30N2O/c1-3-5-8-18-14-20(19-9-6-7-10-21(19)24-18)23(26)22-13-17-11-12-25(22)15-16(17)4-2/h4,6-7,9-10,14,16-17,22-23,26H,2-3,5,8,11-13,15H2,1H3/t16-,17-,22+,23+/m0/s1. The van der Waals surface area contributed by atoms with Gasteiger partial charge in [-0.3, -0.25) is 9.88 Å². The SMILES string of the molecule is C=C[C@H]1CN2CC[C@H]1C[C@@H]2[C@H](O)c1cc(CCCC)nc2ccccc12. The minimum absolute atomic E-state index is 0.217. The summed E-state index contributed by atoms with van der Waals surface area (Å²) in [5.74, 6) is 1.26. The molecule has 0 radical (unpaired) electrons. The molecule has 1 aromatic carbocycles. The van der Waals surface area contributed by atoms with Gasteiger partial charge in [0.2, 0.25) is 0 Å². The number of hydrogen-bond acceptors (Lipinski definition) is 3. The summed E-state index contributed by atoms with van der Waals surface area (Å²) >= 11 is 0. The fourth-order valence-electron chi connectivity index (χ4n) is 4.90. The van der Waals surface area contributed by atoms with Gasteiger partial charge >= 0.3 is 0 Å². The predicted molar refractivity (Wildman–Crippen MR) is 107 cm³/mol. The first-order chi connectivity index (χ1) is 12.7. The fraction of sp³-hybridized carbons (Fsp3) is 0.522. The number of para-hydroxylation sites is 1. The van der Waals surface area contributed by atoms with Crippen LogP contribution >= 0.6 is 0 Å². The third-order valence-electron chi connectivity index (χ3n) is 6.42. The van der Waals surface area contributed by atoms with Crippen molar-refractivity contribution in [3.63, 3.8) is 0 Å². The van der Waals surface area contributed by atoms with E-state index in [4.69, 9.17) is 4.98 Å². The Morgan fingerprint density at radius 2 is 2.23 bits per heavy atom. The molecule has 138 valence electrons. The average molecular weight is 351 g/mol. The van der Waals surface area contributed by atoms with Crippen LogP contribution in [0.2, 0.25) is 0 Å². The molecule has 1 unspecified atom stereocenters. The van der Waals surface area contributed by atoms with E-state index >= 15 is 0 Å². The lowest BCUT2D eigenvalue weighted by Gasteiger charge is -2.50. The number of piperidine rings is 3. The van der Waals surface area contributed by atoms with Gasteiger partial charge in [0.25, 0.3) is 0 Å². The largest absolute Gasteiger partial charge is 0.387 e. The van der Waals surface area contributed by atoms with Gasteiger partial charge in [-0.1, -0.05) is 37.6 Å². The molecule has 0 spiro atoms. The van der Waals surface area contributed by atoms with E-state index in [1.54, 1.807) is 0 Å². The molecule has 3 nitrogen and oxygen atoms in total. The van der Waals surface area contributed by atoms with Gasteiger partial charge in [0, 0.05) is 23.7 Å². The van der Waals surface area contributed by atoms with Crippen molar-refractivity contribution in [3.8, 4) is 0 Å². The zero-order chi connectivity index (χ0) is 18.1. The smallest absolute Gasteiger partial charge is 0.0952 e. The lowest BCUT2D eigenvalue weighted by atomic mass is 9.73. The second-order valence-corrected chi connectivity index (χ2v) is 8.01. The molecule has 0 aliphatic carbocycles. The van der Waals surface area contributed by atoms with Crippen LogP contribution in [0.1, 0.15) is 50.0 Å². The van der Waals surface area contributed by atoms with Crippen LogP contribution in [0.15, 0.2) is 43.0 Å². The van der Waals surface area contributed by atoms with Gasteiger partial charge in [0.1, 0.15) is 0 Å². The van der Waals surface area contributed by atoms with Crippen LogP contribution in [0.5, 0.6) is 0 Å². The Morgan fingerprint density at radius 3 is 2.96 bits per heavy atom. The van der Waals surface area contributed by atoms with Crippen LogP contribution in [-0.4, -0.2) is 34.1 Å². The molecule has 3 aliphatic rings. The molecule has 4 heterocycles. The number of aliphatic hydroxyl groups is 1. The minimum atomic E-state index is -0.447. The molecule has 3 heteroatoms. The van der Waals surface area contributed by atoms with Crippen molar-refractivity contribution >= 4 is 10.9 Å². The third-order valence-corrected chi connectivity index (χ3v) is 6.42. The van der Waals surface area contributed by atoms with Crippen molar-refractivity contribution in [2.75, 3.05) is 13.1 Å². The lowest BCUT2D eigenvalue weighted by Crippen LogP contribution is -2.54. The summed E-state index contributed by atoms with van der Waals surface area (Å²) in [6.45, 7) is 8.36. The molecule has 5 atom stereocenters. The van der Waals surface area contributed by atoms with Crippen LogP contribution in [-0.2, 0) is 6.42 Å². The average Bonchev–Trinajstić information content (AvgIpc) is 2.71. The summed E-state index contributed by atoms with van der Waals surface area (Å²) in [4.78, 5) is 7.32. The van der Waals surface area contributed by atoms with Crippen molar-refractivity contribution < 1.29 is 5.11 Å². The number of benzene rings is 1. The molecule has 1 aromatic heterocycles. The highest BCUT2D eigenvalue weighted by atomic mass is 16.3. The van der Waals surface area contributed by atoms with E-state index in [9.17, 15) is 5.11 Å². The molecule has 2 aromatic rings. The van der Waals surface area contributed by atoms with Crippen molar-refractivity contribution in [2.45, 2.75) is 51.2 Å². The van der Waals surface area contributed by atoms with Gasteiger partial charge < -0.3 is 5.11 Å². The Morgan fingerprint density at radius 1 is 1.38 bits per heavy atom. The van der Waals surface area contributed by atoms with E-state index in [1.807, 2.05) is 12.1 Å². The molecule has 3 fully saturated rings. The maximum Gasteiger partial charge on any atom is 0.0952 e.